The summed E-state index contributed by atoms with van der Waals surface area (Å²) in [5, 5.41) is 3.15. The first-order valence-corrected chi connectivity index (χ1v) is 14.4. The molecule has 38 heavy (non-hydrogen) atoms. The van der Waals surface area contributed by atoms with Gasteiger partial charge in [0.15, 0.2) is 0 Å². The smallest absolute Gasteiger partial charge is 0.253 e. The van der Waals surface area contributed by atoms with Crippen LogP contribution in [0.5, 0.6) is 0 Å². The molecule has 0 unspecified atom stereocenters. The Hall–Kier alpha value is -2.94. The van der Waals surface area contributed by atoms with Crippen molar-refractivity contribution in [2.24, 2.45) is 11.8 Å². The van der Waals surface area contributed by atoms with Crippen molar-refractivity contribution in [1.29, 1.82) is 0 Å². The third kappa shape index (κ3) is 3.92. The molecule has 4 fully saturated rings. The molecular weight excluding hydrogens is 482 g/mol. The Morgan fingerprint density at radius 2 is 1.66 bits per heavy atom. The van der Waals surface area contributed by atoms with Gasteiger partial charge in [-0.15, -0.1) is 0 Å². The van der Waals surface area contributed by atoms with Crippen molar-refractivity contribution in [3.8, 4) is 0 Å². The fourth-order valence-electron chi connectivity index (χ4n) is 7.84. The summed E-state index contributed by atoms with van der Waals surface area (Å²) >= 11 is 0. The van der Waals surface area contributed by atoms with Crippen LogP contribution in [0.25, 0.3) is 0 Å². The largest absolute Gasteiger partial charge is 0.356 e. The Morgan fingerprint density at radius 1 is 0.895 bits per heavy atom. The molecule has 4 amide bonds. The predicted molar refractivity (Wildman–Crippen MR) is 142 cm³/mol. The topological polar surface area (TPSA) is 93.3 Å². The minimum atomic E-state index is -0.921. The zero-order valence-corrected chi connectivity index (χ0v) is 22.4. The number of hydrogen-bond acceptors (Lipinski definition) is 5. The number of para-hydroxylation sites is 1. The number of rotatable bonds is 1. The van der Waals surface area contributed by atoms with Crippen molar-refractivity contribution < 1.29 is 19.2 Å². The van der Waals surface area contributed by atoms with E-state index in [-0.39, 0.29) is 35.6 Å². The third-order valence-electron chi connectivity index (χ3n) is 9.65. The van der Waals surface area contributed by atoms with Crippen LogP contribution in [0, 0.1) is 11.8 Å². The maximum Gasteiger partial charge on any atom is 0.253 e. The Kier molecular flexibility index (Phi) is 6.66. The van der Waals surface area contributed by atoms with Gasteiger partial charge in [-0.05, 0) is 57.6 Å². The van der Waals surface area contributed by atoms with Gasteiger partial charge in [0.1, 0.15) is 5.54 Å². The number of piperidine rings is 1. The number of nitrogens with one attached hydrogen (secondary N) is 1. The summed E-state index contributed by atoms with van der Waals surface area (Å²) in [5.41, 5.74) is 0.960. The van der Waals surface area contributed by atoms with Crippen LogP contribution in [0.4, 0.5) is 5.69 Å². The van der Waals surface area contributed by atoms with E-state index in [1.807, 2.05) is 39.0 Å². The van der Waals surface area contributed by atoms with E-state index >= 15 is 0 Å². The maximum atomic E-state index is 14.4. The van der Waals surface area contributed by atoms with Crippen LogP contribution in [0.2, 0.25) is 0 Å². The zero-order chi connectivity index (χ0) is 26.4. The van der Waals surface area contributed by atoms with Gasteiger partial charge in [0, 0.05) is 69.4 Å². The molecule has 2 bridgehead atoms. The lowest BCUT2D eigenvalue weighted by molar-refractivity contribution is -0.140. The van der Waals surface area contributed by atoms with E-state index in [0.29, 0.717) is 71.4 Å². The van der Waals surface area contributed by atoms with Gasteiger partial charge in [-0.1, -0.05) is 18.2 Å². The molecule has 5 aliphatic heterocycles. The molecule has 204 valence electrons. The van der Waals surface area contributed by atoms with Gasteiger partial charge in [-0.25, -0.2) is 0 Å². The second-order valence-electron chi connectivity index (χ2n) is 11.6. The highest BCUT2D eigenvalue weighted by Crippen LogP contribution is 2.57. The average Bonchev–Trinajstić information content (AvgIpc) is 3.58. The average molecular weight is 522 g/mol. The quantitative estimate of drug-likeness (QED) is 0.608. The third-order valence-corrected chi connectivity index (χ3v) is 9.65. The number of fused-ring (bicyclic) bond motifs is 4. The van der Waals surface area contributed by atoms with Crippen LogP contribution in [0.15, 0.2) is 24.3 Å². The van der Waals surface area contributed by atoms with E-state index in [1.165, 1.54) is 0 Å². The van der Waals surface area contributed by atoms with Gasteiger partial charge in [-0.2, -0.15) is 0 Å². The molecule has 9 nitrogen and oxygen atoms in total. The molecular formula is C29H39N5O4. The number of amides is 4. The van der Waals surface area contributed by atoms with Crippen LogP contribution in [-0.4, -0.2) is 90.2 Å². The van der Waals surface area contributed by atoms with E-state index in [9.17, 15) is 19.2 Å². The molecule has 3 atom stereocenters. The van der Waals surface area contributed by atoms with Crippen molar-refractivity contribution in [2.75, 3.05) is 50.7 Å². The number of benzene rings is 1. The van der Waals surface area contributed by atoms with Crippen molar-refractivity contribution in [3.05, 3.63) is 29.8 Å². The molecule has 1 aromatic rings. The van der Waals surface area contributed by atoms with Crippen molar-refractivity contribution in [3.63, 3.8) is 0 Å². The first-order chi connectivity index (χ1) is 18.4. The number of nitrogens with zero attached hydrogens (tertiary/aromatic N) is 4. The molecule has 0 saturated carbocycles. The van der Waals surface area contributed by atoms with Gasteiger partial charge >= 0.3 is 0 Å². The zero-order valence-electron chi connectivity index (χ0n) is 22.4. The molecule has 1 N–H and O–H groups in total. The van der Waals surface area contributed by atoms with E-state index < -0.39 is 11.5 Å². The van der Waals surface area contributed by atoms with E-state index in [4.69, 9.17) is 0 Å². The lowest BCUT2D eigenvalue weighted by atomic mass is 9.78. The Bertz CT molecular complexity index is 1130. The number of carbonyl (C=O) groups is 4. The maximum absolute atomic E-state index is 14.4. The van der Waals surface area contributed by atoms with Crippen LogP contribution >= 0.6 is 0 Å². The van der Waals surface area contributed by atoms with Crippen LogP contribution in [-0.2, 0) is 24.7 Å². The molecule has 0 aromatic heterocycles. The van der Waals surface area contributed by atoms with Gasteiger partial charge in [-0.3, -0.25) is 24.1 Å². The normalized spacial score (nSPS) is 30.6. The second-order valence-corrected chi connectivity index (χ2v) is 11.6. The Morgan fingerprint density at radius 3 is 2.45 bits per heavy atom. The summed E-state index contributed by atoms with van der Waals surface area (Å²) in [6, 6.07) is 8.27. The van der Waals surface area contributed by atoms with Crippen molar-refractivity contribution in [1.82, 2.24) is 20.0 Å². The fourth-order valence-corrected chi connectivity index (χ4v) is 7.84. The molecule has 5 aliphatic rings. The lowest BCUT2D eigenvalue weighted by Gasteiger charge is -2.37. The van der Waals surface area contributed by atoms with Crippen LogP contribution in [0.1, 0.15) is 57.4 Å². The molecule has 6 rings (SSSR count). The monoisotopic (exact) mass is 521 g/mol. The minimum absolute atomic E-state index is 0.0250. The summed E-state index contributed by atoms with van der Waals surface area (Å²) in [6.45, 7) is 5.84. The SMILES string of the molecule is CC(=O)N1CCC(C(=O)N2CCCNC(=O)[C@@H]3C[C@@H]4CCCN4[C@@]34C(=O)N(CCC2)c2ccccc24)CC1. The van der Waals surface area contributed by atoms with E-state index in [1.54, 1.807) is 6.92 Å². The summed E-state index contributed by atoms with van der Waals surface area (Å²) in [6.07, 6.45) is 5.54. The molecule has 1 spiro atoms. The van der Waals surface area contributed by atoms with Gasteiger partial charge in [0.05, 0.1) is 5.92 Å². The van der Waals surface area contributed by atoms with Gasteiger partial charge < -0.3 is 20.0 Å². The van der Waals surface area contributed by atoms with E-state index in [2.05, 4.69) is 10.2 Å². The Balaban J connectivity index is 1.26. The first-order valence-electron chi connectivity index (χ1n) is 14.4. The molecule has 4 saturated heterocycles. The standard InChI is InChI=1S/C29H39N5O4/c1-20(35)31-17-10-21(11-18-31)27(37)32-13-5-12-30-26(36)24-19-22-7-4-16-34(22)29(24)23-8-2-3-9-25(23)33(28(29)38)15-6-14-32/h2-3,8-9,21-22,24H,4-7,10-19H2,1H3,(H,30,36)/t22-,24-,29+/m0/s1. The van der Waals surface area contributed by atoms with Gasteiger partial charge in [0.25, 0.3) is 5.91 Å². The second kappa shape index (κ2) is 9.98. The lowest BCUT2D eigenvalue weighted by Crippen LogP contribution is -2.56. The Labute approximate surface area is 224 Å². The number of carbonyl (C=O) groups excluding carboxylic acids is 4. The van der Waals surface area contributed by atoms with Crippen LogP contribution < -0.4 is 10.2 Å². The first kappa shape index (κ1) is 25.3. The molecule has 1 aromatic carbocycles. The summed E-state index contributed by atoms with van der Waals surface area (Å²) in [4.78, 5) is 61.3. The number of hydrogen-bond donors (Lipinski definition) is 1. The molecule has 0 radical (unpaired) electrons. The summed E-state index contributed by atoms with van der Waals surface area (Å²) in [7, 11) is 0. The summed E-state index contributed by atoms with van der Waals surface area (Å²) < 4.78 is 0. The number of anilines is 1. The van der Waals surface area contributed by atoms with Crippen LogP contribution in [0.3, 0.4) is 0 Å². The highest BCUT2D eigenvalue weighted by atomic mass is 16.2. The van der Waals surface area contributed by atoms with E-state index in [0.717, 1.165) is 30.6 Å². The molecule has 9 heteroatoms. The van der Waals surface area contributed by atoms with Crippen molar-refractivity contribution >= 4 is 29.3 Å². The molecule has 0 aliphatic carbocycles. The highest BCUT2D eigenvalue weighted by molar-refractivity contribution is 6.10. The fraction of sp³-hybridized carbons (Fsp3) is 0.655. The number of likely N-dealkylation sites (tertiary alicyclic amines) is 1. The predicted octanol–water partition coefficient (Wildman–Crippen LogP) is 1.71. The summed E-state index contributed by atoms with van der Waals surface area (Å²) in [5.74, 6) is -0.311. The highest BCUT2D eigenvalue weighted by Gasteiger charge is 2.67. The molecule has 5 heterocycles. The van der Waals surface area contributed by atoms with Crippen molar-refractivity contribution in [2.45, 2.75) is 63.5 Å². The minimum Gasteiger partial charge on any atom is -0.356 e. The van der Waals surface area contributed by atoms with Gasteiger partial charge in [0.2, 0.25) is 17.7 Å².